The molecule has 1 saturated heterocycles. The molecule has 30 heavy (non-hydrogen) atoms. The van der Waals surface area contributed by atoms with Gasteiger partial charge in [-0.25, -0.2) is 4.99 Å². The van der Waals surface area contributed by atoms with Gasteiger partial charge in [0.15, 0.2) is 5.17 Å². The van der Waals surface area contributed by atoms with Gasteiger partial charge in [0.25, 0.3) is 5.91 Å². The van der Waals surface area contributed by atoms with Crippen molar-refractivity contribution in [3.63, 3.8) is 0 Å². The quantitative estimate of drug-likeness (QED) is 0.434. The molecule has 3 aromatic rings. The minimum absolute atomic E-state index is 0.121. The average Bonchev–Trinajstić information content (AvgIpc) is 3.06. The molecule has 1 amide bonds. The van der Waals surface area contributed by atoms with Crippen LogP contribution in [-0.4, -0.2) is 21.1 Å². The molecule has 1 N–H and O–H groups in total. The molecule has 0 bridgehead atoms. The summed E-state index contributed by atoms with van der Waals surface area (Å²) in [6.07, 6.45) is 1.71. The molecule has 3 aromatic carbocycles. The molecule has 4 rings (SSSR count). The van der Waals surface area contributed by atoms with Crippen molar-refractivity contribution in [3.05, 3.63) is 99.4 Å². The Labute approximate surface area is 188 Å². The highest BCUT2D eigenvalue weighted by Crippen LogP contribution is 2.40. The lowest BCUT2D eigenvalue weighted by Gasteiger charge is -2.24. The summed E-state index contributed by atoms with van der Waals surface area (Å²) in [5, 5.41) is 10.8. The van der Waals surface area contributed by atoms with Crippen LogP contribution in [0.4, 0.5) is 5.69 Å². The van der Waals surface area contributed by atoms with Crippen LogP contribution >= 0.6 is 27.7 Å². The molecule has 0 radical (unpaired) electrons. The molecule has 0 spiro atoms. The number of amides is 1. The molecular weight excluding hydrogens is 460 g/mol. The van der Waals surface area contributed by atoms with E-state index in [9.17, 15) is 9.90 Å². The second-order valence-corrected chi connectivity index (χ2v) is 8.73. The summed E-state index contributed by atoms with van der Waals surface area (Å²) >= 11 is 4.73. The number of aromatic hydroxyl groups is 1. The normalized spacial score (nSPS) is 17.7. The van der Waals surface area contributed by atoms with E-state index in [0.717, 1.165) is 15.7 Å². The van der Waals surface area contributed by atoms with Crippen LogP contribution in [0.5, 0.6) is 5.75 Å². The van der Waals surface area contributed by atoms with Crippen LogP contribution in [-0.2, 0) is 4.79 Å². The zero-order chi connectivity index (χ0) is 21.1. The minimum Gasteiger partial charge on any atom is -0.507 e. The molecule has 150 valence electrons. The smallest absolute Gasteiger partial charge is 0.267 e. The lowest BCUT2D eigenvalue weighted by atomic mass is 10.1. The molecule has 1 heterocycles. The van der Waals surface area contributed by atoms with Crippen molar-refractivity contribution in [2.75, 3.05) is 0 Å². The number of hydrogen-bond acceptors (Lipinski definition) is 4. The van der Waals surface area contributed by atoms with Gasteiger partial charge < -0.3 is 5.11 Å². The topological polar surface area (TPSA) is 52.9 Å². The van der Waals surface area contributed by atoms with Gasteiger partial charge in [-0.05, 0) is 60.7 Å². The highest BCUT2D eigenvalue weighted by Gasteiger charge is 2.37. The molecule has 1 atom stereocenters. The molecule has 0 aliphatic carbocycles. The number of aliphatic imine (C=N–C) groups is 1. The maximum Gasteiger partial charge on any atom is 0.267 e. The Kier molecular flexibility index (Phi) is 6.06. The molecule has 1 fully saturated rings. The number of nitrogens with zero attached hydrogens (tertiary/aromatic N) is 2. The summed E-state index contributed by atoms with van der Waals surface area (Å²) in [7, 11) is 0. The minimum atomic E-state index is -0.185. The van der Waals surface area contributed by atoms with E-state index in [2.05, 4.69) is 15.9 Å². The van der Waals surface area contributed by atoms with Gasteiger partial charge in [-0.15, -0.1) is 0 Å². The fourth-order valence-corrected chi connectivity index (χ4v) is 4.62. The number of phenolic OH excluding ortho intramolecular Hbond substituents is 1. The number of thioether (sulfide) groups is 1. The monoisotopic (exact) mass is 478 g/mol. The fourth-order valence-electron chi connectivity index (χ4n) is 3.18. The first-order chi connectivity index (χ1) is 14.5. The van der Waals surface area contributed by atoms with Gasteiger partial charge in [-0.3, -0.25) is 9.69 Å². The first-order valence-corrected chi connectivity index (χ1v) is 11.0. The molecule has 1 aliphatic rings. The molecular formula is C24H19BrN2O2S. The maximum atomic E-state index is 13.4. The van der Waals surface area contributed by atoms with E-state index in [1.165, 1.54) is 11.8 Å². The molecule has 0 saturated carbocycles. The van der Waals surface area contributed by atoms with Crippen molar-refractivity contribution >= 4 is 50.5 Å². The Balaban J connectivity index is 1.77. The van der Waals surface area contributed by atoms with Crippen LogP contribution in [0.3, 0.4) is 0 Å². The Morgan fingerprint density at radius 3 is 2.40 bits per heavy atom. The van der Waals surface area contributed by atoms with E-state index in [1.54, 1.807) is 29.2 Å². The largest absolute Gasteiger partial charge is 0.507 e. The van der Waals surface area contributed by atoms with Gasteiger partial charge in [0, 0.05) is 10.0 Å². The van der Waals surface area contributed by atoms with Crippen molar-refractivity contribution in [3.8, 4) is 5.75 Å². The van der Waals surface area contributed by atoms with E-state index in [0.29, 0.717) is 15.6 Å². The molecule has 0 unspecified atom stereocenters. The van der Waals surface area contributed by atoms with Gasteiger partial charge >= 0.3 is 0 Å². The zero-order valence-corrected chi connectivity index (χ0v) is 18.6. The molecule has 6 heteroatoms. The molecule has 1 aliphatic heterocycles. The van der Waals surface area contributed by atoms with Gasteiger partial charge in [-0.1, -0.05) is 64.5 Å². The number of hydrogen-bond donors (Lipinski definition) is 1. The van der Waals surface area contributed by atoms with Crippen molar-refractivity contribution in [1.82, 2.24) is 4.90 Å². The van der Waals surface area contributed by atoms with Crippen molar-refractivity contribution in [2.24, 2.45) is 4.99 Å². The summed E-state index contributed by atoms with van der Waals surface area (Å²) < 4.78 is 0.829. The highest BCUT2D eigenvalue weighted by molar-refractivity contribution is 9.10. The number of benzene rings is 3. The van der Waals surface area contributed by atoms with Crippen LogP contribution in [0.25, 0.3) is 6.08 Å². The van der Waals surface area contributed by atoms with E-state index < -0.39 is 0 Å². The van der Waals surface area contributed by atoms with E-state index >= 15 is 0 Å². The molecule has 0 aromatic heterocycles. The lowest BCUT2D eigenvalue weighted by Crippen LogP contribution is -2.32. The summed E-state index contributed by atoms with van der Waals surface area (Å²) in [5.74, 6) is -0.0133. The van der Waals surface area contributed by atoms with Gasteiger partial charge in [0.2, 0.25) is 0 Å². The molecule has 4 nitrogen and oxygen atoms in total. The fraction of sp³-hybridized carbons (Fsp3) is 0.0833. The van der Waals surface area contributed by atoms with Crippen molar-refractivity contribution < 1.29 is 9.90 Å². The maximum absolute atomic E-state index is 13.4. The average molecular weight is 479 g/mol. The number of rotatable bonds is 4. The van der Waals surface area contributed by atoms with Gasteiger partial charge in [0.05, 0.1) is 16.6 Å². The Morgan fingerprint density at radius 1 is 1.03 bits per heavy atom. The van der Waals surface area contributed by atoms with Crippen molar-refractivity contribution in [1.29, 1.82) is 0 Å². The number of carbonyl (C=O) groups excluding carboxylic acids is 1. The van der Waals surface area contributed by atoms with Crippen LogP contribution in [0.1, 0.15) is 24.1 Å². The third-order valence-electron chi connectivity index (χ3n) is 4.76. The summed E-state index contributed by atoms with van der Waals surface area (Å²) in [4.78, 5) is 20.4. The number of para-hydroxylation sites is 1. The third kappa shape index (κ3) is 4.35. The van der Waals surface area contributed by atoms with Crippen molar-refractivity contribution in [2.45, 2.75) is 13.0 Å². The predicted octanol–water partition coefficient (Wildman–Crippen LogP) is 6.52. The Hall–Kier alpha value is -2.83. The van der Waals surface area contributed by atoms with Crippen LogP contribution in [0.2, 0.25) is 0 Å². The standard InChI is InChI=1S/C24H19BrN2O2S/c1-16(17-8-4-2-5-9-17)27-23(29)22(15-18-14-19(25)12-13-21(18)28)30-24(27)26-20-10-6-3-7-11-20/h2-16,28H,1H3/b22-15+,26-24?/t16-/m0/s1. The summed E-state index contributed by atoms with van der Waals surface area (Å²) in [6, 6.07) is 24.4. The van der Waals surface area contributed by atoms with Gasteiger partial charge in [0.1, 0.15) is 5.75 Å². The number of phenols is 1. The number of halogens is 1. The van der Waals surface area contributed by atoms with E-state index in [-0.39, 0.29) is 17.7 Å². The Morgan fingerprint density at radius 2 is 1.70 bits per heavy atom. The Bertz CT molecular complexity index is 1130. The first-order valence-electron chi connectivity index (χ1n) is 9.43. The van der Waals surface area contributed by atoms with Crippen LogP contribution in [0.15, 0.2) is 93.2 Å². The SMILES string of the molecule is C[C@@H](c1ccccc1)N1C(=O)/C(=C\c2cc(Br)ccc2O)SC1=Nc1ccccc1. The van der Waals surface area contributed by atoms with Crippen LogP contribution in [0, 0.1) is 0 Å². The van der Waals surface area contributed by atoms with Gasteiger partial charge in [-0.2, -0.15) is 0 Å². The second kappa shape index (κ2) is 8.90. The summed E-state index contributed by atoms with van der Waals surface area (Å²) in [5.41, 5.74) is 2.39. The predicted molar refractivity (Wildman–Crippen MR) is 127 cm³/mol. The lowest BCUT2D eigenvalue weighted by molar-refractivity contribution is -0.123. The zero-order valence-electron chi connectivity index (χ0n) is 16.2. The second-order valence-electron chi connectivity index (χ2n) is 6.81. The number of carbonyl (C=O) groups is 1. The first kappa shape index (κ1) is 20.4. The van der Waals surface area contributed by atoms with E-state index in [4.69, 9.17) is 4.99 Å². The number of amidine groups is 1. The van der Waals surface area contributed by atoms with Crippen LogP contribution < -0.4 is 0 Å². The summed E-state index contributed by atoms with van der Waals surface area (Å²) in [6.45, 7) is 1.99. The third-order valence-corrected chi connectivity index (χ3v) is 6.24. The van der Waals surface area contributed by atoms with E-state index in [1.807, 2.05) is 67.6 Å². The highest BCUT2D eigenvalue weighted by atomic mass is 79.9.